The summed E-state index contributed by atoms with van der Waals surface area (Å²) < 4.78 is 2.35. The zero-order valence-electron chi connectivity index (χ0n) is 10.1. The van der Waals surface area contributed by atoms with E-state index in [1.54, 1.807) is 0 Å². The number of aryl methyl sites for hydroxylation is 1. The van der Waals surface area contributed by atoms with Crippen LogP contribution in [-0.2, 0) is 13.1 Å². The van der Waals surface area contributed by atoms with Crippen LogP contribution in [0.2, 0.25) is 0 Å². The molecule has 1 rings (SSSR count). The van der Waals surface area contributed by atoms with E-state index in [0.717, 1.165) is 26.1 Å². The molecule has 0 saturated heterocycles. The van der Waals surface area contributed by atoms with Gasteiger partial charge in [-0.3, -0.25) is 0 Å². The summed E-state index contributed by atoms with van der Waals surface area (Å²) >= 11 is 0. The van der Waals surface area contributed by atoms with Crippen molar-refractivity contribution in [3.8, 4) is 0 Å². The van der Waals surface area contributed by atoms with Crippen LogP contribution < -0.4 is 5.32 Å². The smallest absolute Gasteiger partial charge is 0.0223 e. The van der Waals surface area contributed by atoms with Crippen LogP contribution in [0.4, 0.5) is 0 Å². The Bertz CT molecular complexity index is 324. The highest BCUT2D eigenvalue weighted by atomic mass is 15.0. The first-order valence-electron chi connectivity index (χ1n) is 5.68. The van der Waals surface area contributed by atoms with Gasteiger partial charge in [0.05, 0.1) is 0 Å². The highest BCUT2D eigenvalue weighted by Gasteiger charge is 2.06. The molecule has 1 aromatic heterocycles. The summed E-state index contributed by atoms with van der Waals surface area (Å²) in [5, 5.41) is 3.42. The molecule has 2 heteroatoms. The molecule has 1 aromatic rings. The Morgan fingerprint density at radius 2 is 2.20 bits per heavy atom. The molecular weight excluding hydrogens is 184 g/mol. The van der Waals surface area contributed by atoms with E-state index in [0.29, 0.717) is 0 Å². The Morgan fingerprint density at radius 1 is 1.47 bits per heavy atom. The average molecular weight is 206 g/mol. The van der Waals surface area contributed by atoms with Crippen molar-refractivity contribution < 1.29 is 0 Å². The summed E-state index contributed by atoms with van der Waals surface area (Å²) in [7, 11) is 0. The molecule has 0 atom stereocenters. The van der Waals surface area contributed by atoms with E-state index in [-0.39, 0.29) is 0 Å². The molecule has 0 radical (unpaired) electrons. The number of aromatic nitrogens is 1. The Labute approximate surface area is 93.0 Å². The Morgan fingerprint density at radius 3 is 2.73 bits per heavy atom. The van der Waals surface area contributed by atoms with E-state index in [2.05, 4.69) is 43.3 Å². The lowest BCUT2D eigenvalue weighted by Gasteiger charge is -2.06. The molecular formula is C13H22N2. The minimum absolute atomic E-state index is 0.966. The van der Waals surface area contributed by atoms with Crippen LogP contribution in [0.1, 0.15) is 30.3 Å². The van der Waals surface area contributed by atoms with Crippen LogP contribution in [0.5, 0.6) is 0 Å². The second-order valence-electron chi connectivity index (χ2n) is 3.89. The van der Waals surface area contributed by atoms with Gasteiger partial charge in [-0.25, -0.2) is 0 Å². The molecule has 1 N–H and O–H groups in total. The molecule has 0 unspecified atom stereocenters. The molecule has 84 valence electrons. The molecule has 1 heterocycles. The van der Waals surface area contributed by atoms with Gasteiger partial charge >= 0.3 is 0 Å². The van der Waals surface area contributed by atoms with Crippen molar-refractivity contribution in [2.24, 2.45) is 0 Å². The molecule has 0 amide bonds. The van der Waals surface area contributed by atoms with E-state index in [1.807, 2.05) is 6.08 Å². The number of rotatable bonds is 6. The van der Waals surface area contributed by atoms with Gasteiger partial charge in [-0.2, -0.15) is 0 Å². The monoisotopic (exact) mass is 206 g/mol. The largest absolute Gasteiger partial charge is 0.349 e. The molecule has 2 nitrogen and oxygen atoms in total. The predicted molar refractivity (Wildman–Crippen MR) is 66.1 cm³/mol. The maximum absolute atomic E-state index is 3.71. The predicted octanol–water partition coefficient (Wildman–Crippen LogP) is 2.79. The molecule has 0 fully saturated rings. The van der Waals surface area contributed by atoms with Gasteiger partial charge in [-0.15, -0.1) is 6.58 Å². The third kappa shape index (κ3) is 2.96. The van der Waals surface area contributed by atoms with Crippen molar-refractivity contribution in [2.45, 2.75) is 40.3 Å². The summed E-state index contributed by atoms with van der Waals surface area (Å²) in [4.78, 5) is 0. The highest BCUT2D eigenvalue weighted by Crippen LogP contribution is 2.14. The molecule has 0 aliphatic rings. The molecule has 0 bridgehead atoms. The van der Waals surface area contributed by atoms with Crippen molar-refractivity contribution in [1.29, 1.82) is 0 Å². The van der Waals surface area contributed by atoms with Crippen LogP contribution in [0.3, 0.4) is 0 Å². The van der Waals surface area contributed by atoms with Crippen molar-refractivity contribution in [3.63, 3.8) is 0 Å². The van der Waals surface area contributed by atoms with Gasteiger partial charge in [0.25, 0.3) is 0 Å². The SMILES string of the molecule is C=CCCNCc1cc(C)n(CC)c1C. The molecule has 0 spiro atoms. The van der Waals surface area contributed by atoms with Crippen LogP contribution in [0.15, 0.2) is 18.7 Å². The molecule has 15 heavy (non-hydrogen) atoms. The second-order valence-corrected chi connectivity index (χ2v) is 3.89. The molecule has 0 aliphatic carbocycles. The van der Waals surface area contributed by atoms with E-state index in [9.17, 15) is 0 Å². The Hall–Kier alpha value is -1.02. The summed E-state index contributed by atoms with van der Waals surface area (Å²) in [5.41, 5.74) is 4.16. The van der Waals surface area contributed by atoms with Crippen molar-refractivity contribution in [1.82, 2.24) is 9.88 Å². The van der Waals surface area contributed by atoms with E-state index >= 15 is 0 Å². The van der Waals surface area contributed by atoms with Crippen LogP contribution in [0, 0.1) is 13.8 Å². The lowest BCUT2D eigenvalue weighted by Crippen LogP contribution is -2.14. The first-order chi connectivity index (χ1) is 7.20. The minimum Gasteiger partial charge on any atom is -0.349 e. The van der Waals surface area contributed by atoms with Gasteiger partial charge in [0.1, 0.15) is 0 Å². The number of nitrogens with zero attached hydrogens (tertiary/aromatic N) is 1. The lowest BCUT2D eigenvalue weighted by molar-refractivity contribution is 0.678. The highest BCUT2D eigenvalue weighted by molar-refractivity contribution is 5.26. The average Bonchev–Trinajstić information content (AvgIpc) is 2.49. The Balaban J connectivity index is 2.57. The minimum atomic E-state index is 0.966. The summed E-state index contributed by atoms with van der Waals surface area (Å²) in [5.74, 6) is 0. The molecule has 0 aliphatic heterocycles. The van der Waals surface area contributed by atoms with Crippen LogP contribution >= 0.6 is 0 Å². The van der Waals surface area contributed by atoms with Gasteiger partial charge in [0, 0.05) is 24.5 Å². The second kappa shape index (κ2) is 5.76. The maximum atomic E-state index is 3.71. The van der Waals surface area contributed by atoms with Gasteiger partial charge in [0.2, 0.25) is 0 Å². The van der Waals surface area contributed by atoms with Crippen LogP contribution in [0.25, 0.3) is 0 Å². The van der Waals surface area contributed by atoms with Gasteiger partial charge in [0.15, 0.2) is 0 Å². The third-order valence-corrected chi connectivity index (χ3v) is 2.84. The van der Waals surface area contributed by atoms with Crippen molar-refractivity contribution in [3.05, 3.63) is 35.7 Å². The maximum Gasteiger partial charge on any atom is 0.0223 e. The van der Waals surface area contributed by atoms with Crippen molar-refractivity contribution in [2.75, 3.05) is 6.54 Å². The van der Waals surface area contributed by atoms with E-state index in [1.165, 1.54) is 17.0 Å². The first-order valence-corrected chi connectivity index (χ1v) is 5.68. The zero-order chi connectivity index (χ0) is 11.3. The topological polar surface area (TPSA) is 17.0 Å². The quantitative estimate of drug-likeness (QED) is 0.559. The zero-order valence-corrected chi connectivity index (χ0v) is 10.1. The van der Waals surface area contributed by atoms with Gasteiger partial charge < -0.3 is 9.88 Å². The number of hydrogen-bond donors (Lipinski definition) is 1. The van der Waals surface area contributed by atoms with E-state index in [4.69, 9.17) is 0 Å². The molecule has 0 aromatic carbocycles. The fourth-order valence-electron chi connectivity index (χ4n) is 1.97. The summed E-state index contributed by atoms with van der Waals surface area (Å²) in [6.07, 6.45) is 2.98. The fourth-order valence-corrected chi connectivity index (χ4v) is 1.97. The Kier molecular flexibility index (Phi) is 4.63. The molecule has 0 saturated carbocycles. The third-order valence-electron chi connectivity index (χ3n) is 2.84. The van der Waals surface area contributed by atoms with Crippen molar-refractivity contribution >= 4 is 0 Å². The van der Waals surface area contributed by atoms with Gasteiger partial charge in [-0.1, -0.05) is 6.08 Å². The lowest BCUT2D eigenvalue weighted by atomic mass is 10.2. The standard InChI is InChI=1S/C13H22N2/c1-5-7-8-14-10-13-9-11(3)15(6-2)12(13)4/h5,9,14H,1,6-8,10H2,2-4H3. The number of nitrogens with one attached hydrogen (secondary N) is 1. The number of hydrogen-bond acceptors (Lipinski definition) is 1. The fraction of sp³-hybridized carbons (Fsp3) is 0.538. The summed E-state index contributed by atoms with van der Waals surface area (Å²) in [6.45, 7) is 13.3. The summed E-state index contributed by atoms with van der Waals surface area (Å²) in [6, 6.07) is 2.28. The van der Waals surface area contributed by atoms with E-state index < -0.39 is 0 Å². The normalized spacial score (nSPS) is 10.6. The van der Waals surface area contributed by atoms with Gasteiger partial charge in [-0.05, 0) is 45.4 Å². The first kappa shape index (κ1) is 12.1. The van der Waals surface area contributed by atoms with Crippen LogP contribution in [-0.4, -0.2) is 11.1 Å².